The largest absolute Gasteiger partial charge is 0.478 e. The van der Waals surface area contributed by atoms with Crippen LogP contribution in [0.2, 0.25) is 0 Å². The summed E-state index contributed by atoms with van der Waals surface area (Å²) in [7, 11) is 0. The number of aromatic nitrogens is 3. The van der Waals surface area contributed by atoms with Gasteiger partial charge in [-0.15, -0.1) is 0 Å². The van der Waals surface area contributed by atoms with Crippen molar-refractivity contribution < 1.29 is 9.90 Å². The van der Waals surface area contributed by atoms with Crippen molar-refractivity contribution >= 4 is 27.8 Å². The molecular weight excluding hydrogens is 274 g/mol. The summed E-state index contributed by atoms with van der Waals surface area (Å²) in [5, 5.41) is 10.1. The fourth-order valence-electron chi connectivity index (χ4n) is 2.15. The highest BCUT2D eigenvalue weighted by atomic mass is 32.1. The van der Waals surface area contributed by atoms with Crippen LogP contribution in [0.1, 0.15) is 21.5 Å². The average Bonchev–Trinajstić information content (AvgIpc) is 2.83. The van der Waals surface area contributed by atoms with E-state index in [9.17, 15) is 9.90 Å². The number of carboxylic acids is 1. The summed E-state index contributed by atoms with van der Waals surface area (Å²) < 4.78 is 0. The van der Waals surface area contributed by atoms with Gasteiger partial charge in [-0.25, -0.2) is 19.7 Å². The second-order valence-electron chi connectivity index (χ2n) is 4.46. The van der Waals surface area contributed by atoms with Crippen LogP contribution in [0.25, 0.3) is 21.0 Å². The van der Waals surface area contributed by atoms with Gasteiger partial charge in [-0.05, 0) is 25.0 Å². The number of carbonyl (C=O) groups is 1. The molecule has 3 aromatic rings. The molecule has 0 radical (unpaired) electrons. The van der Waals surface area contributed by atoms with Gasteiger partial charge in [0.05, 0.1) is 5.56 Å². The number of hydrogen-bond acceptors (Lipinski definition) is 5. The van der Waals surface area contributed by atoms with Gasteiger partial charge < -0.3 is 5.11 Å². The lowest BCUT2D eigenvalue weighted by Gasteiger charge is -2.09. The lowest BCUT2D eigenvalue weighted by atomic mass is 9.98. The van der Waals surface area contributed by atoms with Crippen molar-refractivity contribution in [1.82, 2.24) is 15.0 Å². The van der Waals surface area contributed by atoms with Crippen LogP contribution in [-0.2, 0) is 0 Å². The van der Waals surface area contributed by atoms with E-state index >= 15 is 0 Å². The van der Waals surface area contributed by atoms with Gasteiger partial charge in [-0.2, -0.15) is 0 Å². The van der Waals surface area contributed by atoms with E-state index in [4.69, 9.17) is 0 Å². The van der Waals surface area contributed by atoms with E-state index in [1.165, 1.54) is 11.3 Å². The lowest BCUT2D eigenvalue weighted by molar-refractivity contribution is 0.0697. The molecule has 5 nitrogen and oxygen atoms in total. The monoisotopic (exact) mass is 285 g/mol. The number of thiazole rings is 1. The summed E-state index contributed by atoms with van der Waals surface area (Å²) in [6.45, 7) is 3.67. The van der Waals surface area contributed by atoms with Crippen LogP contribution in [0.5, 0.6) is 0 Å². The standard InChI is InChI=1S/C14H11N3O2S/c1-7-3-4-8(2)10(14(18)19)9(7)12-17-11-13(20-12)16-6-5-15-11/h3-6H,1-2H3,(H,18,19). The highest BCUT2D eigenvalue weighted by molar-refractivity contribution is 7.21. The molecule has 2 heterocycles. The average molecular weight is 285 g/mol. The van der Waals surface area contributed by atoms with Gasteiger partial charge >= 0.3 is 5.97 Å². The van der Waals surface area contributed by atoms with Crippen molar-refractivity contribution in [3.05, 3.63) is 41.2 Å². The highest BCUT2D eigenvalue weighted by Crippen LogP contribution is 2.34. The summed E-state index contributed by atoms with van der Waals surface area (Å²) in [6, 6.07) is 3.72. The van der Waals surface area contributed by atoms with Crippen molar-refractivity contribution in [2.45, 2.75) is 13.8 Å². The van der Waals surface area contributed by atoms with E-state index in [0.29, 0.717) is 26.6 Å². The molecule has 20 heavy (non-hydrogen) atoms. The summed E-state index contributed by atoms with van der Waals surface area (Å²) in [6.07, 6.45) is 3.18. The van der Waals surface area contributed by atoms with Crippen molar-refractivity contribution in [3.63, 3.8) is 0 Å². The summed E-state index contributed by atoms with van der Waals surface area (Å²) in [5.41, 5.74) is 3.10. The Hall–Kier alpha value is -2.34. The van der Waals surface area contributed by atoms with E-state index in [-0.39, 0.29) is 0 Å². The summed E-state index contributed by atoms with van der Waals surface area (Å²) in [4.78, 5) is 25.0. The minimum atomic E-state index is -0.943. The van der Waals surface area contributed by atoms with E-state index in [0.717, 1.165) is 11.1 Å². The summed E-state index contributed by atoms with van der Waals surface area (Å²) in [5.74, 6) is -0.943. The Balaban J connectivity index is 2.33. The SMILES string of the molecule is Cc1ccc(C)c(-c2nc3nccnc3s2)c1C(=O)O. The Morgan fingerprint density at radius 2 is 1.85 bits per heavy atom. The number of nitrogens with zero attached hydrogens (tertiary/aromatic N) is 3. The number of aromatic carboxylic acids is 1. The third-order valence-electron chi connectivity index (χ3n) is 3.10. The number of carboxylic acid groups (broad SMARTS) is 1. The van der Waals surface area contributed by atoms with Crippen LogP contribution in [0, 0.1) is 13.8 Å². The Morgan fingerprint density at radius 3 is 2.55 bits per heavy atom. The number of hydrogen-bond donors (Lipinski definition) is 1. The van der Waals surface area contributed by atoms with Gasteiger partial charge in [0.25, 0.3) is 0 Å². The van der Waals surface area contributed by atoms with Gasteiger partial charge in [-0.1, -0.05) is 23.5 Å². The fourth-order valence-corrected chi connectivity index (χ4v) is 3.13. The normalized spacial score (nSPS) is 10.9. The molecule has 0 aliphatic carbocycles. The molecule has 1 N–H and O–H groups in total. The molecule has 100 valence electrons. The van der Waals surface area contributed by atoms with Crippen LogP contribution in [0.15, 0.2) is 24.5 Å². The zero-order valence-corrected chi connectivity index (χ0v) is 11.7. The molecule has 6 heteroatoms. The molecule has 0 amide bonds. The fraction of sp³-hybridized carbons (Fsp3) is 0.143. The molecule has 0 aliphatic heterocycles. The minimum absolute atomic E-state index is 0.295. The first-order valence-corrected chi connectivity index (χ1v) is 6.81. The van der Waals surface area contributed by atoms with Crippen molar-refractivity contribution in [2.75, 3.05) is 0 Å². The number of aryl methyl sites for hydroxylation is 2. The number of benzene rings is 1. The Kier molecular flexibility index (Phi) is 2.94. The van der Waals surface area contributed by atoms with Gasteiger partial charge in [0.1, 0.15) is 5.01 Å². The second kappa shape index (κ2) is 4.64. The zero-order valence-electron chi connectivity index (χ0n) is 10.9. The smallest absolute Gasteiger partial charge is 0.336 e. The van der Waals surface area contributed by atoms with Crippen LogP contribution >= 0.6 is 11.3 Å². The Morgan fingerprint density at radius 1 is 1.15 bits per heavy atom. The molecule has 2 aromatic heterocycles. The molecule has 3 rings (SSSR count). The third-order valence-corrected chi connectivity index (χ3v) is 4.07. The van der Waals surface area contributed by atoms with Crippen molar-refractivity contribution in [2.24, 2.45) is 0 Å². The maximum atomic E-state index is 11.5. The zero-order chi connectivity index (χ0) is 14.3. The predicted octanol–water partition coefficient (Wildman–Crippen LogP) is 3.07. The van der Waals surface area contributed by atoms with E-state index < -0.39 is 5.97 Å². The van der Waals surface area contributed by atoms with Gasteiger partial charge in [0, 0.05) is 18.0 Å². The van der Waals surface area contributed by atoms with Crippen LogP contribution in [0.3, 0.4) is 0 Å². The van der Waals surface area contributed by atoms with E-state index in [2.05, 4.69) is 15.0 Å². The maximum absolute atomic E-state index is 11.5. The van der Waals surface area contributed by atoms with Crippen molar-refractivity contribution in [1.29, 1.82) is 0 Å². The molecule has 0 saturated carbocycles. The quantitative estimate of drug-likeness (QED) is 0.783. The van der Waals surface area contributed by atoms with Crippen molar-refractivity contribution in [3.8, 4) is 10.6 Å². The Bertz CT molecular complexity index is 793. The first-order chi connectivity index (χ1) is 9.58. The second-order valence-corrected chi connectivity index (χ2v) is 5.44. The maximum Gasteiger partial charge on any atom is 0.336 e. The molecule has 0 spiro atoms. The van der Waals surface area contributed by atoms with E-state index in [1.54, 1.807) is 19.3 Å². The first kappa shape index (κ1) is 12.7. The molecule has 0 fully saturated rings. The molecule has 0 aliphatic rings. The molecule has 0 bridgehead atoms. The molecule has 1 aromatic carbocycles. The van der Waals surface area contributed by atoms with Gasteiger partial charge in [0.2, 0.25) is 0 Å². The van der Waals surface area contributed by atoms with Crippen LogP contribution in [-0.4, -0.2) is 26.0 Å². The highest BCUT2D eigenvalue weighted by Gasteiger charge is 2.20. The van der Waals surface area contributed by atoms with Crippen LogP contribution < -0.4 is 0 Å². The molecule has 0 atom stereocenters. The van der Waals surface area contributed by atoms with Gasteiger partial charge in [-0.3, -0.25) is 0 Å². The third kappa shape index (κ3) is 1.94. The lowest BCUT2D eigenvalue weighted by Crippen LogP contribution is -2.04. The predicted molar refractivity (Wildman–Crippen MR) is 77.1 cm³/mol. The topological polar surface area (TPSA) is 76.0 Å². The van der Waals surface area contributed by atoms with Gasteiger partial charge in [0.15, 0.2) is 10.5 Å². The molecule has 0 unspecified atom stereocenters. The van der Waals surface area contributed by atoms with Crippen LogP contribution in [0.4, 0.5) is 0 Å². The Labute approximate surface area is 119 Å². The molecule has 0 saturated heterocycles. The summed E-state index contributed by atoms with van der Waals surface area (Å²) >= 11 is 1.36. The number of fused-ring (bicyclic) bond motifs is 1. The van der Waals surface area contributed by atoms with E-state index in [1.807, 2.05) is 19.1 Å². The molecular formula is C14H11N3O2S. The first-order valence-electron chi connectivity index (χ1n) is 5.99. The minimum Gasteiger partial charge on any atom is -0.478 e. The number of rotatable bonds is 2.